The zero-order valence-electron chi connectivity index (χ0n) is 15.4. The van der Waals surface area contributed by atoms with Gasteiger partial charge >= 0.3 is 0 Å². The molecule has 1 aromatic heterocycles. The molecule has 7 nitrogen and oxygen atoms in total. The maximum Gasteiger partial charge on any atom is 0.285 e. The van der Waals surface area contributed by atoms with Gasteiger partial charge in [-0.3, -0.25) is 14.9 Å². The van der Waals surface area contributed by atoms with Crippen LogP contribution in [0.5, 0.6) is 0 Å². The first-order valence-electron chi connectivity index (χ1n) is 8.53. The molecule has 7 heteroatoms. The van der Waals surface area contributed by atoms with Crippen molar-refractivity contribution in [2.75, 3.05) is 0 Å². The molecule has 0 spiro atoms. The summed E-state index contributed by atoms with van der Waals surface area (Å²) < 4.78 is 1.83. The third-order valence-electron chi connectivity index (χ3n) is 4.53. The van der Waals surface area contributed by atoms with Gasteiger partial charge in [0.1, 0.15) is 5.56 Å². The van der Waals surface area contributed by atoms with Crippen LogP contribution >= 0.6 is 0 Å². The molecule has 2 aromatic carbocycles. The molecule has 3 rings (SSSR count). The molecule has 1 heterocycles. The van der Waals surface area contributed by atoms with Crippen LogP contribution in [0.4, 0.5) is 5.69 Å². The SMILES string of the molecule is Cc1cccc(C(=O)NCc2c(C)nn(-c3ccccc3)c2C)c1[N+](=O)[O-]. The molecule has 0 unspecified atom stereocenters. The summed E-state index contributed by atoms with van der Waals surface area (Å²) in [7, 11) is 0. The minimum Gasteiger partial charge on any atom is -0.348 e. The largest absolute Gasteiger partial charge is 0.348 e. The monoisotopic (exact) mass is 364 g/mol. The van der Waals surface area contributed by atoms with Crippen LogP contribution in [0.25, 0.3) is 5.69 Å². The number of rotatable bonds is 5. The molecule has 0 bridgehead atoms. The molecular formula is C20H20N4O3. The van der Waals surface area contributed by atoms with Crippen LogP contribution in [-0.2, 0) is 6.54 Å². The first-order chi connectivity index (χ1) is 12.9. The van der Waals surface area contributed by atoms with E-state index in [1.165, 1.54) is 6.07 Å². The van der Waals surface area contributed by atoms with Gasteiger partial charge in [-0.1, -0.05) is 30.3 Å². The summed E-state index contributed by atoms with van der Waals surface area (Å²) in [6.07, 6.45) is 0. The van der Waals surface area contributed by atoms with E-state index in [1.807, 2.05) is 48.9 Å². The molecule has 27 heavy (non-hydrogen) atoms. The fourth-order valence-electron chi connectivity index (χ4n) is 3.10. The molecule has 0 atom stereocenters. The number of aryl methyl sites for hydroxylation is 2. The molecule has 0 saturated carbocycles. The number of aromatic nitrogens is 2. The number of nitro groups is 1. The van der Waals surface area contributed by atoms with Gasteiger partial charge in [0.2, 0.25) is 0 Å². The van der Waals surface area contributed by atoms with Crippen LogP contribution in [-0.4, -0.2) is 20.6 Å². The molecule has 138 valence electrons. The molecular weight excluding hydrogens is 344 g/mol. The lowest BCUT2D eigenvalue weighted by Gasteiger charge is -2.08. The van der Waals surface area contributed by atoms with Gasteiger partial charge < -0.3 is 5.32 Å². The number of amides is 1. The van der Waals surface area contributed by atoms with Crippen molar-refractivity contribution in [3.63, 3.8) is 0 Å². The van der Waals surface area contributed by atoms with Gasteiger partial charge in [0.05, 0.1) is 16.3 Å². The van der Waals surface area contributed by atoms with Crippen molar-refractivity contribution in [1.82, 2.24) is 15.1 Å². The fraction of sp³-hybridized carbons (Fsp3) is 0.200. The van der Waals surface area contributed by atoms with Gasteiger partial charge in [-0.2, -0.15) is 5.10 Å². The molecule has 3 aromatic rings. The van der Waals surface area contributed by atoms with Gasteiger partial charge in [0.25, 0.3) is 11.6 Å². The molecule has 0 aliphatic rings. The molecule has 0 aliphatic heterocycles. The van der Waals surface area contributed by atoms with Crippen LogP contribution in [0.1, 0.15) is 32.9 Å². The van der Waals surface area contributed by atoms with Crippen molar-refractivity contribution in [2.24, 2.45) is 0 Å². The first kappa shape index (κ1) is 18.3. The van der Waals surface area contributed by atoms with Crippen molar-refractivity contribution in [3.8, 4) is 5.69 Å². The molecule has 0 fully saturated rings. The molecule has 0 saturated heterocycles. The summed E-state index contributed by atoms with van der Waals surface area (Å²) in [4.78, 5) is 23.3. The third kappa shape index (κ3) is 3.57. The van der Waals surface area contributed by atoms with Crippen molar-refractivity contribution >= 4 is 11.6 Å². The Morgan fingerprint density at radius 3 is 2.48 bits per heavy atom. The van der Waals surface area contributed by atoms with Crippen molar-refractivity contribution in [2.45, 2.75) is 27.3 Å². The van der Waals surface area contributed by atoms with E-state index in [-0.39, 0.29) is 17.8 Å². The number of hydrogen-bond acceptors (Lipinski definition) is 4. The normalized spacial score (nSPS) is 10.6. The second kappa shape index (κ2) is 7.41. The molecule has 0 aliphatic carbocycles. The Labute approximate surface area is 156 Å². The topological polar surface area (TPSA) is 90.1 Å². The number of hydrogen-bond donors (Lipinski definition) is 1. The van der Waals surface area contributed by atoms with Crippen LogP contribution in [0.3, 0.4) is 0 Å². The number of para-hydroxylation sites is 2. The third-order valence-corrected chi connectivity index (χ3v) is 4.53. The first-order valence-corrected chi connectivity index (χ1v) is 8.53. The maximum absolute atomic E-state index is 12.6. The molecule has 1 amide bonds. The second-order valence-corrected chi connectivity index (χ2v) is 6.31. The lowest BCUT2D eigenvalue weighted by Crippen LogP contribution is -2.24. The second-order valence-electron chi connectivity index (χ2n) is 6.31. The summed E-state index contributed by atoms with van der Waals surface area (Å²) in [5.74, 6) is -0.475. The van der Waals surface area contributed by atoms with Crippen molar-refractivity contribution in [1.29, 1.82) is 0 Å². The zero-order valence-corrected chi connectivity index (χ0v) is 15.4. The summed E-state index contributed by atoms with van der Waals surface area (Å²) in [5, 5.41) is 18.6. The van der Waals surface area contributed by atoms with Gasteiger partial charge in [0, 0.05) is 23.4 Å². The minimum atomic E-state index is -0.520. The molecule has 1 N–H and O–H groups in total. The van der Waals surface area contributed by atoms with E-state index >= 15 is 0 Å². The Balaban J connectivity index is 1.84. The van der Waals surface area contributed by atoms with Gasteiger partial charge in [-0.25, -0.2) is 4.68 Å². The Morgan fingerprint density at radius 1 is 1.11 bits per heavy atom. The highest BCUT2D eigenvalue weighted by Gasteiger charge is 2.23. The Morgan fingerprint density at radius 2 is 1.81 bits per heavy atom. The van der Waals surface area contributed by atoms with Gasteiger partial charge in [-0.15, -0.1) is 0 Å². The lowest BCUT2D eigenvalue weighted by molar-refractivity contribution is -0.385. The van der Waals surface area contributed by atoms with Crippen molar-refractivity contribution in [3.05, 3.63) is 86.7 Å². The lowest BCUT2D eigenvalue weighted by atomic mass is 10.1. The number of carbonyl (C=O) groups is 1. The summed E-state index contributed by atoms with van der Waals surface area (Å²) in [5.41, 5.74) is 3.90. The summed E-state index contributed by atoms with van der Waals surface area (Å²) in [6.45, 7) is 5.67. The number of nitro benzene ring substituents is 1. The quantitative estimate of drug-likeness (QED) is 0.553. The Bertz CT molecular complexity index is 1010. The number of carbonyl (C=O) groups excluding carboxylic acids is 1. The van der Waals surface area contributed by atoms with Gasteiger partial charge in [0.15, 0.2) is 0 Å². The van der Waals surface area contributed by atoms with E-state index in [1.54, 1.807) is 19.1 Å². The summed E-state index contributed by atoms with van der Waals surface area (Å²) in [6, 6.07) is 14.4. The van der Waals surface area contributed by atoms with Crippen LogP contribution in [0.2, 0.25) is 0 Å². The fourth-order valence-corrected chi connectivity index (χ4v) is 3.10. The standard InChI is InChI=1S/C20H20N4O3/c1-13-8-7-11-17(19(13)24(26)27)20(25)21-12-18-14(2)22-23(15(18)3)16-9-5-4-6-10-16/h4-11H,12H2,1-3H3,(H,21,25). The Hall–Kier alpha value is -3.48. The highest BCUT2D eigenvalue weighted by Crippen LogP contribution is 2.23. The van der Waals surface area contributed by atoms with Crippen LogP contribution in [0, 0.1) is 30.9 Å². The maximum atomic E-state index is 12.6. The average Bonchev–Trinajstić information content (AvgIpc) is 2.94. The van der Waals surface area contributed by atoms with E-state index < -0.39 is 10.8 Å². The number of benzene rings is 2. The average molecular weight is 364 g/mol. The van der Waals surface area contributed by atoms with Crippen LogP contribution in [0.15, 0.2) is 48.5 Å². The highest BCUT2D eigenvalue weighted by molar-refractivity contribution is 5.98. The highest BCUT2D eigenvalue weighted by atomic mass is 16.6. The summed E-state index contributed by atoms with van der Waals surface area (Å²) >= 11 is 0. The predicted molar refractivity (Wildman–Crippen MR) is 102 cm³/mol. The van der Waals surface area contributed by atoms with E-state index in [2.05, 4.69) is 10.4 Å². The molecule has 0 radical (unpaired) electrons. The number of nitrogens with zero attached hydrogens (tertiary/aromatic N) is 3. The predicted octanol–water partition coefficient (Wildman–Crippen LogP) is 3.64. The van der Waals surface area contributed by atoms with E-state index in [0.29, 0.717) is 5.56 Å². The van der Waals surface area contributed by atoms with Crippen molar-refractivity contribution < 1.29 is 9.72 Å². The van der Waals surface area contributed by atoms with E-state index in [9.17, 15) is 14.9 Å². The Kier molecular flexibility index (Phi) is 5.03. The zero-order chi connectivity index (χ0) is 19.6. The van der Waals surface area contributed by atoms with E-state index in [0.717, 1.165) is 22.6 Å². The minimum absolute atomic E-state index is 0.0609. The smallest absolute Gasteiger partial charge is 0.285 e. The number of nitrogens with one attached hydrogen (secondary N) is 1. The van der Waals surface area contributed by atoms with Crippen LogP contribution < -0.4 is 5.32 Å². The van der Waals surface area contributed by atoms with Gasteiger partial charge in [-0.05, 0) is 39.0 Å². The van der Waals surface area contributed by atoms with E-state index in [4.69, 9.17) is 0 Å².